The summed E-state index contributed by atoms with van der Waals surface area (Å²) >= 11 is 0. The summed E-state index contributed by atoms with van der Waals surface area (Å²) in [6.45, 7) is 0.984. The van der Waals surface area contributed by atoms with Crippen LogP contribution in [0, 0.1) is 5.92 Å². The Morgan fingerprint density at radius 3 is 2.39 bits per heavy atom. The predicted octanol–water partition coefficient (Wildman–Crippen LogP) is 2.25. The zero-order chi connectivity index (χ0) is 19.9. The summed E-state index contributed by atoms with van der Waals surface area (Å²) in [7, 11) is 3.14. The van der Waals surface area contributed by atoms with Gasteiger partial charge in [-0.2, -0.15) is 0 Å². The summed E-state index contributed by atoms with van der Waals surface area (Å²) in [5, 5.41) is 2.84. The molecule has 2 aromatic carbocycles. The third kappa shape index (κ3) is 4.36. The first-order valence-corrected chi connectivity index (χ1v) is 9.11. The number of benzene rings is 2. The highest BCUT2D eigenvalue weighted by Crippen LogP contribution is 2.32. The summed E-state index contributed by atoms with van der Waals surface area (Å²) < 4.78 is 16.2. The number of rotatable bonds is 8. The first-order valence-electron chi connectivity index (χ1n) is 9.11. The zero-order valence-corrected chi connectivity index (χ0v) is 16.0. The van der Waals surface area contributed by atoms with Gasteiger partial charge in [0.15, 0.2) is 11.5 Å². The molecule has 1 N–H and O–H groups in total. The van der Waals surface area contributed by atoms with Crippen molar-refractivity contribution in [3.63, 3.8) is 0 Å². The SMILES string of the molecule is COc1ccccc1OCCNC(=O)[C@@H]1CC(=O)N(c2ccccc2OC)C1. The maximum atomic E-state index is 12.5. The van der Waals surface area contributed by atoms with E-state index in [1.165, 1.54) is 0 Å². The normalized spacial score (nSPS) is 16.0. The fourth-order valence-electron chi connectivity index (χ4n) is 3.19. The molecule has 0 aromatic heterocycles. The summed E-state index contributed by atoms with van der Waals surface area (Å²) in [5.74, 6) is 1.23. The number of nitrogens with zero attached hydrogens (tertiary/aromatic N) is 1. The number of carbonyl (C=O) groups excluding carboxylic acids is 2. The van der Waals surface area contributed by atoms with Crippen LogP contribution in [0.5, 0.6) is 17.2 Å². The van der Waals surface area contributed by atoms with Crippen LogP contribution in [0.25, 0.3) is 0 Å². The largest absolute Gasteiger partial charge is 0.495 e. The van der Waals surface area contributed by atoms with E-state index in [1.807, 2.05) is 36.4 Å². The van der Waals surface area contributed by atoms with Crippen molar-refractivity contribution in [2.45, 2.75) is 6.42 Å². The van der Waals surface area contributed by atoms with Crippen molar-refractivity contribution in [1.29, 1.82) is 0 Å². The second-order valence-corrected chi connectivity index (χ2v) is 6.37. The Balaban J connectivity index is 1.51. The molecule has 7 nitrogen and oxygen atoms in total. The molecule has 2 aromatic rings. The molecule has 7 heteroatoms. The Bertz CT molecular complexity index is 839. The third-order valence-corrected chi connectivity index (χ3v) is 4.60. The van der Waals surface area contributed by atoms with Gasteiger partial charge >= 0.3 is 0 Å². The molecular formula is C21H24N2O5. The third-order valence-electron chi connectivity index (χ3n) is 4.60. The van der Waals surface area contributed by atoms with Gasteiger partial charge in [-0.1, -0.05) is 24.3 Å². The highest BCUT2D eigenvalue weighted by atomic mass is 16.5. The number of hydrogen-bond acceptors (Lipinski definition) is 5. The minimum atomic E-state index is -0.399. The molecule has 28 heavy (non-hydrogen) atoms. The second kappa shape index (κ2) is 9.12. The molecule has 3 rings (SSSR count). The fraction of sp³-hybridized carbons (Fsp3) is 0.333. The summed E-state index contributed by atoms with van der Waals surface area (Å²) in [6, 6.07) is 14.6. The molecule has 0 radical (unpaired) electrons. The van der Waals surface area contributed by atoms with Crippen LogP contribution in [-0.2, 0) is 9.59 Å². The van der Waals surface area contributed by atoms with Crippen LogP contribution in [0.3, 0.4) is 0 Å². The van der Waals surface area contributed by atoms with Crippen molar-refractivity contribution >= 4 is 17.5 Å². The van der Waals surface area contributed by atoms with Gasteiger partial charge in [-0.3, -0.25) is 9.59 Å². The summed E-state index contributed by atoms with van der Waals surface area (Å²) in [4.78, 5) is 26.5. The molecule has 1 fully saturated rings. The maximum Gasteiger partial charge on any atom is 0.227 e. The number of amides is 2. The van der Waals surface area contributed by atoms with Gasteiger partial charge in [0.25, 0.3) is 0 Å². The Morgan fingerprint density at radius 2 is 1.68 bits per heavy atom. The van der Waals surface area contributed by atoms with Crippen molar-refractivity contribution in [2.75, 3.05) is 38.8 Å². The maximum absolute atomic E-state index is 12.5. The Kier molecular flexibility index (Phi) is 6.37. The van der Waals surface area contributed by atoms with E-state index in [4.69, 9.17) is 14.2 Å². The number of ether oxygens (including phenoxy) is 3. The Hall–Kier alpha value is -3.22. The van der Waals surface area contributed by atoms with Gasteiger partial charge in [-0.15, -0.1) is 0 Å². The molecule has 0 aliphatic carbocycles. The van der Waals surface area contributed by atoms with E-state index in [-0.39, 0.29) is 18.2 Å². The van der Waals surface area contributed by atoms with E-state index in [1.54, 1.807) is 31.3 Å². The minimum absolute atomic E-state index is 0.0880. The Labute approximate surface area is 164 Å². The summed E-state index contributed by atoms with van der Waals surface area (Å²) in [6.07, 6.45) is 0.178. The first-order chi connectivity index (χ1) is 13.6. The smallest absolute Gasteiger partial charge is 0.227 e. The van der Waals surface area contributed by atoms with Gasteiger partial charge in [-0.05, 0) is 24.3 Å². The van der Waals surface area contributed by atoms with Crippen LogP contribution in [0.4, 0.5) is 5.69 Å². The van der Waals surface area contributed by atoms with E-state index >= 15 is 0 Å². The molecule has 1 saturated heterocycles. The Morgan fingerprint density at radius 1 is 1.04 bits per heavy atom. The van der Waals surface area contributed by atoms with Gasteiger partial charge in [0, 0.05) is 13.0 Å². The zero-order valence-electron chi connectivity index (χ0n) is 16.0. The van der Waals surface area contributed by atoms with Gasteiger partial charge < -0.3 is 24.4 Å². The molecule has 2 amide bonds. The van der Waals surface area contributed by atoms with E-state index in [2.05, 4.69) is 5.32 Å². The highest BCUT2D eigenvalue weighted by Gasteiger charge is 2.36. The van der Waals surface area contributed by atoms with Crippen LogP contribution in [0.2, 0.25) is 0 Å². The minimum Gasteiger partial charge on any atom is -0.495 e. The molecule has 0 spiro atoms. The number of anilines is 1. The van der Waals surface area contributed by atoms with Crippen molar-refractivity contribution in [3.05, 3.63) is 48.5 Å². The lowest BCUT2D eigenvalue weighted by Gasteiger charge is -2.19. The average molecular weight is 384 g/mol. The number of nitrogens with one attached hydrogen (secondary N) is 1. The molecule has 0 unspecified atom stereocenters. The van der Waals surface area contributed by atoms with E-state index < -0.39 is 5.92 Å². The first kappa shape index (κ1) is 19.5. The van der Waals surface area contributed by atoms with Crippen LogP contribution in [-0.4, -0.2) is 45.7 Å². The van der Waals surface area contributed by atoms with E-state index in [9.17, 15) is 9.59 Å². The molecular weight excluding hydrogens is 360 g/mol. The van der Waals surface area contributed by atoms with Gasteiger partial charge in [-0.25, -0.2) is 0 Å². The molecule has 1 atom stereocenters. The van der Waals surface area contributed by atoms with Crippen molar-refractivity contribution in [3.8, 4) is 17.2 Å². The molecule has 0 saturated carbocycles. The average Bonchev–Trinajstić information content (AvgIpc) is 3.12. The summed E-state index contributed by atoms with van der Waals surface area (Å²) in [5.41, 5.74) is 0.685. The number of carbonyl (C=O) groups is 2. The second-order valence-electron chi connectivity index (χ2n) is 6.37. The molecule has 1 heterocycles. The highest BCUT2D eigenvalue weighted by molar-refractivity contribution is 6.01. The lowest BCUT2D eigenvalue weighted by molar-refractivity contribution is -0.126. The van der Waals surface area contributed by atoms with E-state index in [0.29, 0.717) is 42.6 Å². The van der Waals surface area contributed by atoms with Gasteiger partial charge in [0.1, 0.15) is 12.4 Å². The standard InChI is InChI=1S/C21H24N2O5/c1-26-17-8-4-3-7-16(17)23-14-15(13-20(23)24)21(25)22-11-12-28-19-10-6-5-9-18(19)27-2/h3-10,15H,11-14H2,1-2H3,(H,22,25)/t15-/m1/s1. The van der Waals surface area contributed by atoms with Crippen molar-refractivity contribution in [2.24, 2.45) is 5.92 Å². The predicted molar refractivity (Wildman–Crippen MR) is 105 cm³/mol. The number of methoxy groups -OCH3 is 2. The quantitative estimate of drug-likeness (QED) is 0.707. The molecule has 0 bridgehead atoms. The molecule has 148 valence electrons. The molecule has 1 aliphatic heterocycles. The number of para-hydroxylation sites is 4. The van der Waals surface area contributed by atoms with E-state index in [0.717, 1.165) is 0 Å². The number of hydrogen-bond donors (Lipinski definition) is 1. The van der Waals surface area contributed by atoms with Crippen molar-refractivity contribution < 1.29 is 23.8 Å². The van der Waals surface area contributed by atoms with Crippen LogP contribution in [0.1, 0.15) is 6.42 Å². The monoisotopic (exact) mass is 384 g/mol. The van der Waals surface area contributed by atoms with Gasteiger partial charge in [0.05, 0.1) is 32.4 Å². The lowest BCUT2D eigenvalue weighted by atomic mass is 10.1. The van der Waals surface area contributed by atoms with Crippen LogP contribution in [0.15, 0.2) is 48.5 Å². The van der Waals surface area contributed by atoms with Gasteiger partial charge in [0.2, 0.25) is 11.8 Å². The van der Waals surface area contributed by atoms with Crippen molar-refractivity contribution in [1.82, 2.24) is 5.32 Å². The molecule has 1 aliphatic rings. The fourth-order valence-corrected chi connectivity index (χ4v) is 3.19. The topological polar surface area (TPSA) is 77.1 Å². The van der Waals surface area contributed by atoms with Crippen LogP contribution >= 0.6 is 0 Å². The lowest BCUT2D eigenvalue weighted by Crippen LogP contribution is -2.35. The van der Waals surface area contributed by atoms with Crippen LogP contribution < -0.4 is 24.4 Å².